The Morgan fingerprint density at radius 3 is 2.53 bits per heavy atom. The zero-order chi connectivity index (χ0) is 14.6. The predicted octanol–water partition coefficient (Wildman–Crippen LogP) is 0.929. The number of aliphatic carboxylic acids is 1. The molecular weight excluding hydrogens is 271 g/mol. The summed E-state index contributed by atoms with van der Waals surface area (Å²) in [5, 5.41) is 16.4. The van der Waals surface area contributed by atoms with Gasteiger partial charge in [0.05, 0.1) is 5.92 Å². The molecule has 0 saturated heterocycles. The van der Waals surface area contributed by atoms with Crippen LogP contribution in [-0.2, 0) is 11.0 Å². The fraction of sp³-hybridized carbons (Fsp3) is 0.556. The SMILES string of the molecule is C[C@H](CCNC(=O)c1nnc(C(F)(F)F)o1)C(=O)O. The lowest BCUT2D eigenvalue weighted by Crippen LogP contribution is -2.27. The molecule has 19 heavy (non-hydrogen) atoms. The molecule has 0 unspecified atom stereocenters. The molecule has 106 valence electrons. The molecule has 2 N–H and O–H groups in total. The monoisotopic (exact) mass is 281 g/mol. The summed E-state index contributed by atoms with van der Waals surface area (Å²) in [6.45, 7) is 1.40. The van der Waals surface area contributed by atoms with Crippen molar-refractivity contribution < 1.29 is 32.3 Å². The standard InChI is InChI=1S/C9H10F3N3O4/c1-4(7(17)18)2-3-13-5(16)6-14-15-8(19-6)9(10,11)12/h4H,2-3H2,1H3,(H,13,16)(H,17,18)/t4-/m1/s1. The van der Waals surface area contributed by atoms with Crippen LogP contribution in [0.25, 0.3) is 0 Å². The Kier molecular flexibility index (Phi) is 4.46. The van der Waals surface area contributed by atoms with Crippen LogP contribution in [0.15, 0.2) is 4.42 Å². The molecule has 0 radical (unpaired) electrons. The molecule has 0 saturated carbocycles. The molecule has 7 nitrogen and oxygen atoms in total. The van der Waals surface area contributed by atoms with Crippen molar-refractivity contribution in [3.8, 4) is 0 Å². The molecule has 0 spiro atoms. The Hall–Kier alpha value is -2.13. The highest BCUT2D eigenvalue weighted by atomic mass is 19.4. The average molecular weight is 281 g/mol. The number of carboxylic acid groups (broad SMARTS) is 1. The Labute approximate surface area is 104 Å². The average Bonchev–Trinajstić information content (AvgIpc) is 2.77. The van der Waals surface area contributed by atoms with E-state index in [0.717, 1.165) is 0 Å². The van der Waals surface area contributed by atoms with Crippen LogP contribution in [0.2, 0.25) is 0 Å². The maximum Gasteiger partial charge on any atom is 0.470 e. The second kappa shape index (κ2) is 5.67. The van der Waals surface area contributed by atoms with E-state index in [-0.39, 0.29) is 13.0 Å². The van der Waals surface area contributed by atoms with Gasteiger partial charge in [-0.05, 0) is 6.42 Å². The van der Waals surface area contributed by atoms with Crippen molar-refractivity contribution in [2.24, 2.45) is 5.92 Å². The smallest absolute Gasteiger partial charge is 0.470 e. The Balaban J connectivity index is 2.51. The van der Waals surface area contributed by atoms with E-state index in [9.17, 15) is 22.8 Å². The lowest BCUT2D eigenvalue weighted by atomic mass is 10.1. The Morgan fingerprint density at radius 2 is 2.05 bits per heavy atom. The van der Waals surface area contributed by atoms with Gasteiger partial charge in [-0.3, -0.25) is 9.59 Å². The van der Waals surface area contributed by atoms with Crippen LogP contribution in [-0.4, -0.2) is 33.7 Å². The van der Waals surface area contributed by atoms with Crippen LogP contribution in [0.3, 0.4) is 0 Å². The summed E-state index contributed by atoms with van der Waals surface area (Å²) in [6.07, 6.45) is -4.69. The summed E-state index contributed by atoms with van der Waals surface area (Å²) in [7, 11) is 0. The Morgan fingerprint density at radius 1 is 1.42 bits per heavy atom. The molecule has 10 heteroatoms. The van der Waals surface area contributed by atoms with E-state index in [2.05, 4.69) is 19.9 Å². The normalized spacial score (nSPS) is 13.1. The van der Waals surface area contributed by atoms with Crippen molar-refractivity contribution >= 4 is 11.9 Å². The minimum absolute atomic E-state index is 0.0317. The lowest BCUT2D eigenvalue weighted by Gasteiger charge is -2.05. The number of halogens is 3. The van der Waals surface area contributed by atoms with E-state index in [1.807, 2.05) is 0 Å². The number of carbonyl (C=O) groups excluding carboxylic acids is 1. The summed E-state index contributed by atoms with van der Waals surface area (Å²) >= 11 is 0. The topological polar surface area (TPSA) is 105 Å². The van der Waals surface area contributed by atoms with Gasteiger partial charge in [0, 0.05) is 6.54 Å². The van der Waals surface area contributed by atoms with Gasteiger partial charge in [0.25, 0.3) is 0 Å². The quantitative estimate of drug-likeness (QED) is 0.831. The van der Waals surface area contributed by atoms with Gasteiger partial charge in [-0.1, -0.05) is 6.92 Å². The van der Waals surface area contributed by atoms with Gasteiger partial charge in [0.2, 0.25) is 0 Å². The summed E-state index contributed by atoms with van der Waals surface area (Å²) < 4.78 is 40.5. The van der Waals surface area contributed by atoms with E-state index >= 15 is 0 Å². The van der Waals surface area contributed by atoms with Crippen molar-refractivity contribution in [3.05, 3.63) is 11.8 Å². The van der Waals surface area contributed by atoms with Gasteiger partial charge in [-0.2, -0.15) is 13.2 Å². The van der Waals surface area contributed by atoms with Gasteiger partial charge in [-0.15, -0.1) is 10.2 Å². The maximum absolute atomic E-state index is 12.1. The van der Waals surface area contributed by atoms with Crippen LogP contribution in [0.5, 0.6) is 0 Å². The molecule has 1 rings (SSSR count). The van der Waals surface area contributed by atoms with Gasteiger partial charge in [-0.25, -0.2) is 0 Å². The van der Waals surface area contributed by atoms with E-state index in [4.69, 9.17) is 5.11 Å². The molecular formula is C9H10F3N3O4. The number of hydrogen-bond donors (Lipinski definition) is 2. The first-order chi connectivity index (χ1) is 8.71. The molecule has 1 heterocycles. The predicted molar refractivity (Wildman–Crippen MR) is 53.0 cm³/mol. The highest BCUT2D eigenvalue weighted by molar-refractivity contribution is 5.89. The summed E-state index contributed by atoms with van der Waals surface area (Å²) in [6, 6.07) is 0. The van der Waals surface area contributed by atoms with Crippen LogP contribution < -0.4 is 5.32 Å². The molecule has 0 aliphatic carbocycles. The lowest BCUT2D eigenvalue weighted by molar-refractivity contribution is -0.157. The van der Waals surface area contributed by atoms with Crippen molar-refractivity contribution in [2.75, 3.05) is 6.54 Å². The maximum atomic E-state index is 12.1. The summed E-state index contributed by atoms with van der Waals surface area (Å²) in [4.78, 5) is 21.8. The zero-order valence-corrected chi connectivity index (χ0v) is 9.69. The van der Waals surface area contributed by atoms with Crippen LogP contribution in [0, 0.1) is 5.92 Å². The van der Waals surface area contributed by atoms with Crippen molar-refractivity contribution in [3.63, 3.8) is 0 Å². The summed E-state index contributed by atoms with van der Waals surface area (Å²) in [5.74, 6) is -5.15. The fourth-order valence-electron chi connectivity index (χ4n) is 1.03. The number of carbonyl (C=O) groups is 2. The molecule has 1 atom stereocenters. The van der Waals surface area contributed by atoms with E-state index in [0.29, 0.717) is 0 Å². The van der Waals surface area contributed by atoms with E-state index in [1.54, 1.807) is 0 Å². The molecule has 0 aliphatic rings. The third-order valence-corrected chi connectivity index (χ3v) is 2.15. The second-order valence-electron chi connectivity index (χ2n) is 3.69. The largest absolute Gasteiger partial charge is 0.481 e. The molecule has 1 aromatic rings. The number of nitrogens with one attached hydrogen (secondary N) is 1. The van der Waals surface area contributed by atoms with E-state index in [1.165, 1.54) is 6.92 Å². The number of amides is 1. The minimum atomic E-state index is -4.82. The number of alkyl halides is 3. The third kappa shape index (κ3) is 4.23. The highest BCUT2D eigenvalue weighted by Crippen LogP contribution is 2.27. The van der Waals surface area contributed by atoms with Gasteiger partial charge in [0.15, 0.2) is 0 Å². The number of aromatic nitrogens is 2. The zero-order valence-electron chi connectivity index (χ0n) is 9.69. The molecule has 1 amide bonds. The first kappa shape index (κ1) is 14.9. The number of nitrogens with zero attached hydrogens (tertiary/aromatic N) is 2. The van der Waals surface area contributed by atoms with Gasteiger partial charge < -0.3 is 14.8 Å². The second-order valence-corrected chi connectivity index (χ2v) is 3.69. The van der Waals surface area contributed by atoms with Crippen LogP contribution in [0.1, 0.15) is 29.9 Å². The fourth-order valence-corrected chi connectivity index (χ4v) is 1.03. The molecule has 0 aromatic carbocycles. The van der Waals surface area contributed by atoms with Gasteiger partial charge in [0.1, 0.15) is 0 Å². The van der Waals surface area contributed by atoms with Crippen molar-refractivity contribution in [2.45, 2.75) is 19.5 Å². The third-order valence-electron chi connectivity index (χ3n) is 2.15. The number of rotatable bonds is 5. The minimum Gasteiger partial charge on any atom is -0.481 e. The van der Waals surface area contributed by atoms with Crippen LogP contribution in [0.4, 0.5) is 13.2 Å². The number of hydrogen-bond acceptors (Lipinski definition) is 5. The number of carboxylic acids is 1. The van der Waals surface area contributed by atoms with E-state index < -0.39 is 35.8 Å². The van der Waals surface area contributed by atoms with Crippen molar-refractivity contribution in [1.29, 1.82) is 0 Å². The molecule has 0 aliphatic heterocycles. The molecule has 1 aromatic heterocycles. The first-order valence-electron chi connectivity index (χ1n) is 5.13. The summed E-state index contributed by atoms with van der Waals surface area (Å²) in [5.41, 5.74) is 0. The Bertz CT molecular complexity index is 472. The van der Waals surface area contributed by atoms with Gasteiger partial charge >= 0.3 is 29.8 Å². The van der Waals surface area contributed by atoms with Crippen LogP contribution >= 0.6 is 0 Å². The first-order valence-corrected chi connectivity index (χ1v) is 5.13. The molecule has 0 fully saturated rings. The highest BCUT2D eigenvalue weighted by Gasteiger charge is 2.38. The molecule has 0 bridgehead atoms. The van der Waals surface area contributed by atoms with Crippen molar-refractivity contribution in [1.82, 2.24) is 15.5 Å².